The lowest BCUT2D eigenvalue weighted by Gasteiger charge is -2.14. The van der Waals surface area contributed by atoms with Crippen molar-refractivity contribution >= 4 is 0 Å². The van der Waals surface area contributed by atoms with Gasteiger partial charge in [0.25, 0.3) is 0 Å². The van der Waals surface area contributed by atoms with Gasteiger partial charge in [-0.15, -0.1) is 0 Å². The number of alkyl halides is 3. The van der Waals surface area contributed by atoms with Gasteiger partial charge in [-0.1, -0.05) is 6.92 Å². The van der Waals surface area contributed by atoms with Crippen molar-refractivity contribution in [1.29, 1.82) is 0 Å². The average molecular weight is 247 g/mol. The first-order chi connectivity index (χ1) is 7.99. The number of benzene rings is 1. The van der Waals surface area contributed by atoms with Crippen LogP contribution < -0.4 is 10.1 Å². The molecule has 17 heavy (non-hydrogen) atoms. The van der Waals surface area contributed by atoms with Gasteiger partial charge in [0.05, 0.1) is 12.2 Å². The first kappa shape index (κ1) is 13.8. The number of nitrogens with one attached hydrogen (secondary N) is 1. The van der Waals surface area contributed by atoms with Gasteiger partial charge in [-0.3, -0.25) is 0 Å². The predicted octanol–water partition coefficient (Wildman–Crippen LogP) is 3.21. The largest absolute Gasteiger partial charge is 0.493 e. The zero-order valence-corrected chi connectivity index (χ0v) is 9.90. The van der Waals surface area contributed by atoms with E-state index in [1.807, 2.05) is 6.92 Å². The maximum absolute atomic E-state index is 12.5. The molecule has 1 aromatic carbocycles. The fourth-order valence-corrected chi connectivity index (χ4v) is 1.44. The fourth-order valence-electron chi connectivity index (χ4n) is 1.44. The van der Waals surface area contributed by atoms with E-state index in [0.717, 1.165) is 18.6 Å². The molecule has 0 aromatic heterocycles. The SMILES string of the molecule is CCCOc1ccc(C(F)(F)F)cc1CNC. The van der Waals surface area contributed by atoms with E-state index in [9.17, 15) is 13.2 Å². The van der Waals surface area contributed by atoms with Crippen LogP contribution in [0.2, 0.25) is 0 Å². The Hall–Kier alpha value is -1.23. The van der Waals surface area contributed by atoms with Crippen LogP contribution in [0.1, 0.15) is 24.5 Å². The van der Waals surface area contributed by atoms with Gasteiger partial charge < -0.3 is 10.1 Å². The highest BCUT2D eigenvalue weighted by molar-refractivity contribution is 5.38. The molecule has 0 saturated heterocycles. The second-order valence-electron chi connectivity index (χ2n) is 3.70. The molecule has 0 fully saturated rings. The molecule has 0 aliphatic rings. The summed E-state index contributed by atoms with van der Waals surface area (Å²) in [7, 11) is 1.68. The van der Waals surface area contributed by atoms with Gasteiger partial charge in [-0.25, -0.2) is 0 Å². The molecule has 0 radical (unpaired) electrons. The summed E-state index contributed by atoms with van der Waals surface area (Å²) in [5.41, 5.74) is -0.123. The molecular formula is C12H16F3NO. The molecule has 0 unspecified atom stereocenters. The van der Waals surface area contributed by atoms with Gasteiger partial charge >= 0.3 is 6.18 Å². The summed E-state index contributed by atoms with van der Waals surface area (Å²) in [6, 6.07) is 3.55. The number of ether oxygens (including phenoxy) is 1. The van der Waals surface area contributed by atoms with Gasteiger partial charge in [0, 0.05) is 12.1 Å². The molecule has 0 atom stereocenters. The van der Waals surface area contributed by atoms with E-state index in [1.54, 1.807) is 7.05 Å². The van der Waals surface area contributed by atoms with Crippen LogP contribution in [-0.2, 0) is 12.7 Å². The van der Waals surface area contributed by atoms with Crippen molar-refractivity contribution in [3.8, 4) is 5.75 Å². The molecule has 1 N–H and O–H groups in total. The molecule has 0 aliphatic heterocycles. The van der Waals surface area contributed by atoms with Gasteiger partial charge in [0.1, 0.15) is 5.75 Å². The standard InChI is InChI=1S/C12H16F3NO/c1-3-6-17-11-5-4-10(12(13,14)15)7-9(11)8-16-2/h4-5,7,16H,3,6,8H2,1-2H3. The number of rotatable bonds is 5. The number of hydrogen-bond acceptors (Lipinski definition) is 2. The lowest BCUT2D eigenvalue weighted by molar-refractivity contribution is -0.137. The Balaban J connectivity index is 2.99. The predicted molar refractivity (Wildman–Crippen MR) is 60.0 cm³/mol. The third-order valence-corrected chi connectivity index (χ3v) is 2.22. The van der Waals surface area contributed by atoms with Crippen molar-refractivity contribution in [2.45, 2.75) is 26.1 Å². The summed E-state index contributed by atoms with van der Waals surface area (Å²) in [5, 5.41) is 2.83. The average Bonchev–Trinajstić information content (AvgIpc) is 2.26. The van der Waals surface area contributed by atoms with E-state index in [-0.39, 0.29) is 0 Å². The summed E-state index contributed by atoms with van der Waals surface area (Å²) in [6.07, 6.45) is -3.49. The van der Waals surface area contributed by atoms with Gasteiger partial charge in [-0.05, 0) is 31.7 Å². The highest BCUT2D eigenvalue weighted by Gasteiger charge is 2.31. The van der Waals surface area contributed by atoms with Crippen molar-refractivity contribution in [1.82, 2.24) is 5.32 Å². The zero-order chi connectivity index (χ0) is 12.9. The molecule has 2 nitrogen and oxygen atoms in total. The van der Waals surface area contributed by atoms with Crippen LogP contribution in [0.4, 0.5) is 13.2 Å². The minimum absolute atomic E-state index is 0.350. The summed E-state index contributed by atoms with van der Waals surface area (Å²) in [6.45, 7) is 2.80. The second kappa shape index (κ2) is 5.91. The van der Waals surface area contributed by atoms with Crippen molar-refractivity contribution in [2.24, 2.45) is 0 Å². The lowest BCUT2D eigenvalue weighted by Crippen LogP contribution is -2.11. The molecule has 0 spiro atoms. The fraction of sp³-hybridized carbons (Fsp3) is 0.500. The molecule has 0 saturated carbocycles. The summed E-state index contributed by atoms with van der Waals surface area (Å²) in [4.78, 5) is 0. The van der Waals surface area contributed by atoms with Gasteiger partial charge in [0.15, 0.2) is 0 Å². The van der Waals surface area contributed by atoms with E-state index in [0.29, 0.717) is 24.5 Å². The molecule has 0 aliphatic carbocycles. The van der Waals surface area contributed by atoms with Crippen LogP contribution in [-0.4, -0.2) is 13.7 Å². The Morgan fingerprint density at radius 1 is 1.29 bits per heavy atom. The summed E-state index contributed by atoms with van der Waals surface area (Å²) >= 11 is 0. The van der Waals surface area contributed by atoms with Crippen LogP contribution in [0.5, 0.6) is 5.75 Å². The first-order valence-corrected chi connectivity index (χ1v) is 5.46. The Bertz CT molecular complexity index is 363. The van der Waals surface area contributed by atoms with Crippen LogP contribution in [0, 0.1) is 0 Å². The molecule has 96 valence electrons. The third-order valence-electron chi connectivity index (χ3n) is 2.22. The van der Waals surface area contributed by atoms with E-state index in [2.05, 4.69) is 5.32 Å². The Morgan fingerprint density at radius 2 is 2.00 bits per heavy atom. The number of halogens is 3. The van der Waals surface area contributed by atoms with Crippen LogP contribution in [0.3, 0.4) is 0 Å². The molecule has 0 heterocycles. The minimum Gasteiger partial charge on any atom is -0.493 e. The molecular weight excluding hydrogens is 231 g/mol. The Kier molecular flexibility index (Phi) is 4.81. The highest BCUT2D eigenvalue weighted by atomic mass is 19.4. The molecule has 0 bridgehead atoms. The molecule has 1 rings (SSSR count). The monoisotopic (exact) mass is 247 g/mol. The van der Waals surface area contributed by atoms with Crippen molar-refractivity contribution in [2.75, 3.05) is 13.7 Å². The Morgan fingerprint density at radius 3 is 2.53 bits per heavy atom. The van der Waals surface area contributed by atoms with E-state index in [1.165, 1.54) is 6.07 Å². The first-order valence-electron chi connectivity index (χ1n) is 5.46. The van der Waals surface area contributed by atoms with E-state index >= 15 is 0 Å². The molecule has 5 heteroatoms. The second-order valence-corrected chi connectivity index (χ2v) is 3.70. The van der Waals surface area contributed by atoms with E-state index in [4.69, 9.17) is 4.74 Å². The highest BCUT2D eigenvalue weighted by Crippen LogP contribution is 2.32. The molecule has 1 aromatic rings. The lowest BCUT2D eigenvalue weighted by atomic mass is 10.1. The van der Waals surface area contributed by atoms with Gasteiger partial charge in [-0.2, -0.15) is 13.2 Å². The maximum atomic E-state index is 12.5. The van der Waals surface area contributed by atoms with E-state index < -0.39 is 11.7 Å². The minimum atomic E-state index is -4.31. The Labute approximate surface area is 98.8 Å². The van der Waals surface area contributed by atoms with Crippen LogP contribution >= 0.6 is 0 Å². The maximum Gasteiger partial charge on any atom is 0.416 e. The van der Waals surface area contributed by atoms with Gasteiger partial charge in [0.2, 0.25) is 0 Å². The van der Waals surface area contributed by atoms with Crippen molar-refractivity contribution in [3.63, 3.8) is 0 Å². The number of hydrogen-bond donors (Lipinski definition) is 1. The van der Waals surface area contributed by atoms with Crippen molar-refractivity contribution in [3.05, 3.63) is 29.3 Å². The topological polar surface area (TPSA) is 21.3 Å². The smallest absolute Gasteiger partial charge is 0.416 e. The molecule has 0 amide bonds. The van der Waals surface area contributed by atoms with Crippen molar-refractivity contribution < 1.29 is 17.9 Å². The quantitative estimate of drug-likeness (QED) is 0.862. The summed E-state index contributed by atoms with van der Waals surface area (Å²) in [5.74, 6) is 0.509. The summed E-state index contributed by atoms with van der Waals surface area (Å²) < 4.78 is 43.0. The van der Waals surface area contributed by atoms with Crippen LogP contribution in [0.25, 0.3) is 0 Å². The van der Waals surface area contributed by atoms with Crippen LogP contribution in [0.15, 0.2) is 18.2 Å². The third kappa shape index (κ3) is 3.93. The zero-order valence-electron chi connectivity index (χ0n) is 9.90. The normalized spacial score (nSPS) is 11.6.